The smallest absolute Gasteiger partial charge is 0.187 e. The molecule has 0 aliphatic rings. The first-order chi connectivity index (χ1) is 7.59. The molecule has 0 aliphatic carbocycles. The number of aromatic nitrogens is 2. The molecular weight excluding hydrogens is 356 g/mol. The van der Waals surface area contributed by atoms with Crippen molar-refractivity contribution in [1.29, 1.82) is 0 Å². The lowest BCUT2D eigenvalue weighted by Gasteiger charge is -2.07. The predicted molar refractivity (Wildman–Crippen MR) is 72.4 cm³/mol. The van der Waals surface area contributed by atoms with Gasteiger partial charge in [-0.3, -0.25) is 0 Å². The Labute approximate surface area is 119 Å². The van der Waals surface area contributed by atoms with E-state index in [-0.39, 0.29) is 0 Å². The van der Waals surface area contributed by atoms with Crippen molar-refractivity contribution in [3.05, 3.63) is 31.8 Å². The molecule has 0 radical (unpaired) electrons. The van der Waals surface area contributed by atoms with Gasteiger partial charge in [-0.15, -0.1) is 0 Å². The first kappa shape index (κ1) is 12.4. The van der Waals surface area contributed by atoms with Crippen molar-refractivity contribution in [3.8, 4) is 0 Å². The van der Waals surface area contributed by atoms with Gasteiger partial charge in [0.25, 0.3) is 0 Å². The maximum absolute atomic E-state index is 6.06. The lowest BCUT2D eigenvalue weighted by atomic mass is 10.3. The minimum atomic E-state index is 0.306. The second-order valence-electron chi connectivity index (χ2n) is 2.75. The molecule has 0 bridgehead atoms. The summed E-state index contributed by atoms with van der Waals surface area (Å²) in [6.45, 7) is 0. The van der Waals surface area contributed by atoms with E-state index in [1.54, 1.807) is 12.1 Å². The summed E-state index contributed by atoms with van der Waals surface area (Å²) < 4.78 is 8.54. The molecule has 1 heterocycles. The number of nitrogens with one attached hydrogen (secondary N) is 1. The fourth-order valence-corrected chi connectivity index (χ4v) is 2.47. The van der Waals surface area contributed by atoms with Crippen LogP contribution in [-0.4, -0.2) is 8.75 Å². The van der Waals surface area contributed by atoms with Crippen LogP contribution in [0.2, 0.25) is 15.2 Å². The molecule has 2 rings (SSSR count). The molecule has 0 amide bonds. The Morgan fingerprint density at radius 2 is 1.88 bits per heavy atom. The van der Waals surface area contributed by atoms with Crippen LogP contribution in [0, 0.1) is 0 Å². The van der Waals surface area contributed by atoms with E-state index in [1.165, 1.54) is 0 Å². The normalized spacial score (nSPS) is 10.5. The summed E-state index contributed by atoms with van der Waals surface area (Å²) in [5.74, 6) is 0.465. The minimum Gasteiger partial charge on any atom is -0.335 e. The molecule has 1 N–H and O–H groups in total. The van der Waals surface area contributed by atoms with Crippen LogP contribution in [0.25, 0.3) is 0 Å². The molecule has 0 fully saturated rings. The SMILES string of the molecule is Clc1nsnc1Nc1ccc(Br)c(Cl)c1Cl. The Bertz CT molecular complexity index is 531. The number of halogens is 4. The van der Waals surface area contributed by atoms with Gasteiger partial charge in [-0.25, -0.2) is 0 Å². The van der Waals surface area contributed by atoms with Gasteiger partial charge in [0.1, 0.15) is 0 Å². The zero-order chi connectivity index (χ0) is 11.7. The Hall–Kier alpha value is -0.0700. The fourth-order valence-electron chi connectivity index (χ4n) is 1.00. The Morgan fingerprint density at radius 1 is 1.12 bits per heavy atom. The second-order valence-corrected chi connectivity index (χ2v) is 5.25. The molecule has 3 nitrogen and oxygen atoms in total. The maximum Gasteiger partial charge on any atom is 0.187 e. The van der Waals surface area contributed by atoms with E-state index in [0.717, 1.165) is 16.2 Å². The van der Waals surface area contributed by atoms with Gasteiger partial charge >= 0.3 is 0 Å². The highest BCUT2D eigenvalue weighted by atomic mass is 79.9. The highest BCUT2D eigenvalue weighted by Gasteiger charge is 2.11. The monoisotopic (exact) mass is 357 g/mol. The van der Waals surface area contributed by atoms with Crippen molar-refractivity contribution in [1.82, 2.24) is 8.75 Å². The van der Waals surface area contributed by atoms with Crippen LogP contribution in [0.5, 0.6) is 0 Å². The summed E-state index contributed by atoms with van der Waals surface area (Å²) in [6, 6.07) is 3.55. The minimum absolute atomic E-state index is 0.306. The second kappa shape index (κ2) is 5.06. The van der Waals surface area contributed by atoms with Gasteiger partial charge in [0.15, 0.2) is 11.0 Å². The average molecular weight is 359 g/mol. The third-order valence-electron chi connectivity index (χ3n) is 1.74. The van der Waals surface area contributed by atoms with Gasteiger partial charge in [-0.1, -0.05) is 34.8 Å². The molecule has 0 aliphatic heterocycles. The van der Waals surface area contributed by atoms with E-state index in [2.05, 4.69) is 30.0 Å². The van der Waals surface area contributed by atoms with Gasteiger partial charge in [-0.05, 0) is 28.1 Å². The van der Waals surface area contributed by atoms with Gasteiger partial charge in [0, 0.05) is 4.47 Å². The molecule has 0 saturated carbocycles. The summed E-state index contributed by atoms with van der Waals surface area (Å²) in [6.07, 6.45) is 0. The lowest BCUT2D eigenvalue weighted by molar-refractivity contribution is 1.44. The lowest BCUT2D eigenvalue weighted by Crippen LogP contribution is -1.92. The molecule has 8 heteroatoms. The highest BCUT2D eigenvalue weighted by molar-refractivity contribution is 9.10. The number of hydrogen-bond acceptors (Lipinski definition) is 4. The summed E-state index contributed by atoms with van der Waals surface area (Å²) in [5.41, 5.74) is 0.629. The van der Waals surface area contributed by atoms with Crippen molar-refractivity contribution >= 4 is 74.0 Å². The molecule has 0 spiro atoms. The van der Waals surface area contributed by atoms with Crippen molar-refractivity contribution in [2.45, 2.75) is 0 Å². The Morgan fingerprint density at radius 3 is 2.50 bits per heavy atom. The van der Waals surface area contributed by atoms with E-state index in [4.69, 9.17) is 34.8 Å². The summed E-state index contributed by atoms with van der Waals surface area (Å²) in [7, 11) is 0. The van der Waals surface area contributed by atoms with Crippen molar-refractivity contribution < 1.29 is 0 Å². The highest BCUT2D eigenvalue weighted by Crippen LogP contribution is 2.37. The maximum atomic E-state index is 6.06. The van der Waals surface area contributed by atoms with E-state index >= 15 is 0 Å². The van der Waals surface area contributed by atoms with Crippen LogP contribution < -0.4 is 5.32 Å². The first-order valence-corrected chi connectivity index (χ1v) is 6.64. The Kier molecular flexibility index (Phi) is 3.92. The molecule has 1 aromatic heterocycles. The van der Waals surface area contributed by atoms with E-state index < -0.39 is 0 Å². The van der Waals surface area contributed by atoms with Crippen LogP contribution in [-0.2, 0) is 0 Å². The number of nitrogens with zero attached hydrogens (tertiary/aromatic N) is 2. The molecule has 0 unspecified atom stereocenters. The fraction of sp³-hybridized carbons (Fsp3) is 0. The molecule has 16 heavy (non-hydrogen) atoms. The summed E-state index contributed by atoms with van der Waals surface area (Å²) >= 11 is 22.1. The van der Waals surface area contributed by atoms with Crippen LogP contribution in [0.15, 0.2) is 16.6 Å². The molecule has 1 aromatic carbocycles. The van der Waals surface area contributed by atoms with Crippen molar-refractivity contribution in [2.75, 3.05) is 5.32 Å². The predicted octanol–water partition coefficient (Wildman–Crippen LogP) is 5.00. The summed E-state index contributed by atoms with van der Waals surface area (Å²) in [4.78, 5) is 0. The molecule has 2 aromatic rings. The van der Waals surface area contributed by atoms with Crippen LogP contribution in [0.3, 0.4) is 0 Å². The zero-order valence-corrected chi connectivity index (χ0v) is 12.1. The molecule has 0 atom stereocenters. The average Bonchev–Trinajstić information content (AvgIpc) is 2.65. The topological polar surface area (TPSA) is 37.8 Å². The number of benzene rings is 1. The van der Waals surface area contributed by atoms with Gasteiger partial charge in [0.2, 0.25) is 0 Å². The van der Waals surface area contributed by atoms with E-state index in [9.17, 15) is 0 Å². The van der Waals surface area contributed by atoms with Crippen LogP contribution in [0.4, 0.5) is 11.5 Å². The number of hydrogen-bond donors (Lipinski definition) is 1. The largest absolute Gasteiger partial charge is 0.335 e. The quantitative estimate of drug-likeness (QED) is 0.767. The first-order valence-electron chi connectivity index (χ1n) is 3.98. The molecule has 0 saturated heterocycles. The number of anilines is 2. The van der Waals surface area contributed by atoms with Crippen molar-refractivity contribution in [3.63, 3.8) is 0 Å². The number of rotatable bonds is 2. The van der Waals surface area contributed by atoms with Crippen LogP contribution in [0.1, 0.15) is 0 Å². The zero-order valence-electron chi connectivity index (χ0n) is 7.47. The molecular formula is C8H3BrCl3N3S. The Balaban J connectivity index is 2.36. The third kappa shape index (κ3) is 2.43. The van der Waals surface area contributed by atoms with Gasteiger partial charge in [-0.2, -0.15) is 8.75 Å². The molecule has 84 valence electrons. The van der Waals surface area contributed by atoms with Crippen LogP contribution >= 0.6 is 62.5 Å². The van der Waals surface area contributed by atoms with E-state index in [0.29, 0.717) is 26.7 Å². The van der Waals surface area contributed by atoms with Gasteiger partial charge < -0.3 is 5.32 Å². The van der Waals surface area contributed by atoms with Gasteiger partial charge in [0.05, 0.1) is 27.5 Å². The third-order valence-corrected chi connectivity index (χ3v) is 4.40. The standard InChI is InChI=1S/C8H3BrCl3N3S/c9-3-1-2-4(6(11)5(3)10)13-8-7(12)14-16-15-8/h1-2H,(H,13,15). The van der Waals surface area contributed by atoms with Crippen molar-refractivity contribution in [2.24, 2.45) is 0 Å². The summed E-state index contributed by atoms with van der Waals surface area (Å²) in [5, 5.41) is 4.10. The van der Waals surface area contributed by atoms with E-state index in [1.807, 2.05) is 0 Å².